The number of hydrogen-bond acceptors (Lipinski definition) is 4. The molecule has 112 valence electrons. The molecular weight excluding hydrogens is 284 g/mol. The second-order valence-corrected chi connectivity index (χ2v) is 7.13. The zero-order valence-electron chi connectivity index (χ0n) is 12.3. The van der Waals surface area contributed by atoms with E-state index in [1.54, 1.807) is 30.0 Å². The Bertz CT molecular complexity index is 572. The number of carbonyl (C=O) groups excluding carboxylic acids is 1. The lowest BCUT2D eigenvalue weighted by Crippen LogP contribution is -2.48. The molecule has 2 rings (SSSR count). The summed E-state index contributed by atoms with van der Waals surface area (Å²) in [7, 11) is 0. The molecule has 1 amide bonds. The number of nitrogens with zero attached hydrogens (tertiary/aromatic N) is 1. The van der Waals surface area contributed by atoms with Crippen molar-refractivity contribution in [2.45, 2.75) is 31.3 Å². The third-order valence-electron chi connectivity index (χ3n) is 3.94. The average molecular weight is 304 g/mol. The molecule has 0 aliphatic carbocycles. The van der Waals surface area contributed by atoms with Crippen LogP contribution < -0.4 is 5.32 Å². The predicted octanol–water partition coefficient (Wildman–Crippen LogP) is 1.82. The molecule has 1 saturated heterocycles. The van der Waals surface area contributed by atoms with Crippen molar-refractivity contribution < 1.29 is 9.90 Å². The summed E-state index contributed by atoms with van der Waals surface area (Å²) in [5.74, 6) is 1.46. The van der Waals surface area contributed by atoms with E-state index in [-0.39, 0.29) is 12.5 Å². The van der Waals surface area contributed by atoms with Crippen LogP contribution in [0.1, 0.15) is 31.4 Å². The van der Waals surface area contributed by atoms with Crippen LogP contribution >= 0.6 is 11.8 Å². The minimum atomic E-state index is -0.787. The van der Waals surface area contributed by atoms with Gasteiger partial charge in [0.1, 0.15) is 0 Å². The topological polar surface area (TPSA) is 73.1 Å². The van der Waals surface area contributed by atoms with Crippen LogP contribution in [0.25, 0.3) is 0 Å². The van der Waals surface area contributed by atoms with E-state index in [2.05, 4.69) is 11.4 Å². The average Bonchev–Trinajstić information content (AvgIpc) is 2.92. The molecule has 0 bridgehead atoms. The van der Waals surface area contributed by atoms with Gasteiger partial charge in [0.05, 0.1) is 22.6 Å². The summed E-state index contributed by atoms with van der Waals surface area (Å²) in [4.78, 5) is 12.5. The summed E-state index contributed by atoms with van der Waals surface area (Å²) in [5, 5.41) is 22.1. The molecule has 0 saturated carbocycles. The molecule has 0 radical (unpaired) electrons. The van der Waals surface area contributed by atoms with Crippen LogP contribution in [-0.2, 0) is 10.2 Å². The van der Waals surface area contributed by atoms with E-state index in [4.69, 9.17) is 5.26 Å². The Balaban J connectivity index is 2.07. The van der Waals surface area contributed by atoms with Gasteiger partial charge in [-0.25, -0.2) is 0 Å². The maximum Gasteiger partial charge on any atom is 0.230 e. The number of benzene rings is 1. The minimum Gasteiger partial charge on any atom is -0.387 e. The zero-order chi connectivity index (χ0) is 15.5. The predicted molar refractivity (Wildman–Crippen MR) is 84.1 cm³/mol. The Kier molecular flexibility index (Phi) is 4.60. The van der Waals surface area contributed by atoms with Gasteiger partial charge in [-0.1, -0.05) is 12.1 Å². The number of rotatable bonds is 4. The van der Waals surface area contributed by atoms with Gasteiger partial charge in [-0.2, -0.15) is 17.0 Å². The van der Waals surface area contributed by atoms with Crippen molar-refractivity contribution in [3.05, 3.63) is 35.4 Å². The maximum atomic E-state index is 12.5. The fourth-order valence-corrected chi connectivity index (χ4v) is 3.61. The van der Waals surface area contributed by atoms with Crippen molar-refractivity contribution in [2.24, 2.45) is 0 Å². The summed E-state index contributed by atoms with van der Waals surface area (Å²) < 4.78 is 0. The summed E-state index contributed by atoms with van der Waals surface area (Å²) in [5.41, 5.74) is -0.189. The molecule has 1 aromatic rings. The highest BCUT2D eigenvalue weighted by Crippen LogP contribution is 2.28. The van der Waals surface area contributed by atoms with Crippen molar-refractivity contribution in [1.82, 2.24) is 5.32 Å². The molecule has 0 aromatic heterocycles. The maximum absolute atomic E-state index is 12.5. The fourth-order valence-electron chi connectivity index (χ4n) is 2.31. The van der Waals surface area contributed by atoms with Crippen molar-refractivity contribution in [3.8, 4) is 6.07 Å². The van der Waals surface area contributed by atoms with Gasteiger partial charge in [-0.3, -0.25) is 4.79 Å². The number of carbonyl (C=O) groups is 1. The summed E-state index contributed by atoms with van der Waals surface area (Å²) >= 11 is 1.70. The molecule has 1 aliphatic rings. The third kappa shape index (κ3) is 3.58. The molecule has 21 heavy (non-hydrogen) atoms. The lowest BCUT2D eigenvalue weighted by atomic mass is 9.83. The van der Waals surface area contributed by atoms with Gasteiger partial charge in [-0.05, 0) is 43.7 Å². The number of amides is 1. The van der Waals surface area contributed by atoms with Crippen LogP contribution in [0.3, 0.4) is 0 Å². The van der Waals surface area contributed by atoms with E-state index < -0.39 is 11.0 Å². The first-order valence-corrected chi connectivity index (χ1v) is 8.12. The van der Waals surface area contributed by atoms with Gasteiger partial charge >= 0.3 is 0 Å². The standard InChI is InChI=1S/C16H20N2O2S/c1-15(2,13-5-3-4-12(8-13)9-17)14(19)18-10-16(20)6-7-21-11-16/h3-5,8,20H,6-7,10-11H2,1-2H3,(H,18,19). The molecule has 0 spiro atoms. The van der Waals surface area contributed by atoms with E-state index in [1.807, 2.05) is 19.9 Å². The number of nitrogens with one attached hydrogen (secondary N) is 1. The Morgan fingerprint density at radius 3 is 2.95 bits per heavy atom. The Morgan fingerprint density at radius 1 is 1.57 bits per heavy atom. The molecule has 1 unspecified atom stereocenters. The lowest BCUT2D eigenvalue weighted by molar-refractivity contribution is -0.126. The second kappa shape index (κ2) is 6.08. The van der Waals surface area contributed by atoms with Gasteiger partial charge in [0.2, 0.25) is 5.91 Å². The molecule has 1 aromatic carbocycles. The third-order valence-corrected chi connectivity index (χ3v) is 5.18. The smallest absolute Gasteiger partial charge is 0.230 e. The van der Waals surface area contributed by atoms with E-state index in [0.29, 0.717) is 17.7 Å². The molecule has 1 aliphatic heterocycles. The van der Waals surface area contributed by atoms with E-state index in [1.165, 1.54) is 0 Å². The zero-order valence-corrected chi connectivity index (χ0v) is 13.2. The number of nitriles is 1. The summed E-state index contributed by atoms with van der Waals surface area (Å²) in [6.45, 7) is 3.93. The minimum absolute atomic E-state index is 0.136. The summed E-state index contributed by atoms with van der Waals surface area (Å²) in [6, 6.07) is 9.17. The Morgan fingerprint density at radius 2 is 2.33 bits per heavy atom. The van der Waals surface area contributed by atoms with Crippen molar-refractivity contribution >= 4 is 17.7 Å². The molecular formula is C16H20N2O2S. The van der Waals surface area contributed by atoms with Crippen LogP contribution in [0.2, 0.25) is 0 Å². The number of hydrogen-bond donors (Lipinski definition) is 2. The highest BCUT2D eigenvalue weighted by atomic mass is 32.2. The van der Waals surface area contributed by atoms with Crippen LogP contribution in [0.4, 0.5) is 0 Å². The van der Waals surface area contributed by atoms with Crippen LogP contribution in [0, 0.1) is 11.3 Å². The second-order valence-electron chi connectivity index (χ2n) is 6.03. The molecule has 4 nitrogen and oxygen atoms in total. The first-order chi connectivity index (χ1) is 9.87. The molecule has 1 heterocycles. The highest BCUT2D eigenvalue weighted by molar-refractivity contribution is 7.99. The van der Waals surface area contributed by atoms with Crippen molar-refractivity contribution in [3.63, 3.8) is 0 Å². The van der Waals surface area contributed by atoms with Crippen molar-refractivity contribution in [1.29, 1.82) is 5.26 Å². The van der Waals surface area contributed by atoms with Crippen LogP contribution in [0.15, 0.2) is 24.3 Å². The summed E-state index contributed by atoms with van der Waals surface area (Å²) in [6.07, 6.45) is 0.711. The van der Waals surface area contributed by atoms with E-state index in [0.717, 1.165) is 11.3 Å². The van der Waals surface area contributed by atoms with Crippen LogP contribution in [0.5, 0.6) is 0 Å². The first-order valence-electron chi connectivity index (χ1n) is 6.96. The van der Waals surface area contributed by atoms with E-state index >= 15 is 0 Å². The SMILES string of the molecule is CC(C)(C(=O)NCC1(O)CCSC1)c1cccc(C#N)c1. The van der Waals surface area contributed by atoms with Gasteiger partial charge in [0, 0.05) is 12.3 Å². The van der Waals surface area contributed by atoms with Crippen molar-refractivity contribution in [2.75, 3.05) is 18.1 Å². The van der Waals surface area contributed by atoms with Gasteiger partial charge in [0.25, 0.3) is 0 Å². The van der Waals surface area contributed by atoms with Crippen LogP contribution in [-0.4, -0.2) is 34.7 Å². The lowest BCUT2D eigenvalue weighted by Gasteiger charge is -2.28. The first kappa shape index (κ1) is 15.9. The van der Waals surface area contributed by atoms with Gasteiger partial charge in [-0.15, -0.1) is 0 Å². The Labute approximate surface area is 129 Å². The number of thioether (sulfide) groups is 1. The monoisotopic (exact) mass is 304 g/mol. The molecule has 2 N–H and O–H groups in total. The molecule has 1 atom stereocenters. The Hall–Kier alpha value is -1.51. The number of aliphatic hydroxyl groups is 1. The largest absolute Gasteiger partial charge is 0.387 e. The van der Waals surface area contributed by atoms with Gasteiger partial charge in [0.15, 0.2) is 0 Å². The fraction of sp³-hybridized carbons (Fsp3) is 0.500. The highest BCUT2D eigenvalue weighted by Gasteiger charge is 2.35. The normalized spacial score (nSPS) is 21.8. The van der Waals surface area contributed by atoms with E-state index in [9.17, 15) is 9.90 Å². The van der Waals surface area contributed by atoms with Gasteiger partial charge < -0.3 is 10.4 Å². The molecule has 1 fully saturated rings. The molecule has 5 heteroatoms. The quantitative estimate of drug-likeness (QED) is 0.890.